The highest BCUT2D eigenvalue weighted by Gasteiger charge is 2.19. The maximum Gasteiger partial charge on any atom is 0.240 e. The van der Waals surface area contributed by atoms with Crippen molar-refractivity contribution in [1.82, 2.24) is 10.0 Å². The van der Waals surface area contributed by atoms with Gasteiger partial charge in [0.05, 0.1) is 31.3 Å². The number of hydrogen-bond donors (Lipinski definition) is 2. The van der Waals surface area contributed by atoms with E-state index in [4.69, 9.17) is 14.2 Å². The molecule has 0 bridgehead atoms. The van der Waals surface area contributed by atoms with E-state index in [1.54, 1.807) is 13.2 Å². The van der Waals surface area contributed by atoms with E-state index in [0.717, 1.165) is 12.0 Å². The molecule has 0 spiro atoms. The monoisotopic (exact) mass is 448 g/mol. The molecule has 0 aliphatic carbocycles. The molecule has 8 nitrogen and oxygen atoms in total. The predicted molar refractivity (Wildman–Crippen MR) is 116 cm³/mol. The van der Waals surface area contributed by atoms with Crippen molar-refractivity contribution in [3.05, 3.63) is 48.0 Å². The van der Waals surface area contributed by atoms with Crippen molar-refractivity contribution in [2.75, 3.05) is 26.9 Å². The number of amides is 1. The number of para-hydroxylation sites is 1. The number of nitrogens with one attached hydrogen (secondary N) is 2. The summed E-state index contributed by atoms with van der Waals surface area (Å²) in [5.74, 6) is 1.51. The lowest BCUT2D eigenvalue weighted by Gasteiger charge is -2.17. The predicted octanol–water partition coefficient (Wildman–Crippen LogP) is 2.79. The Kier molecular flexibility index (Phi) is 7.75. The smallest absolute Gasteiger partial charge is 0.240 e. The van der Waals surface area contributed by atoms with Crippen LogP contribution in [0.4, 0.5) is 0 Å². The second-order valence-corrected chi connectivity index (χ2v) is 8.96. The number of methoxy groups -OCH3 is 1. The first-order valence-corrected chi connectivity index (χ1v) is 11.7. The number of hydrogen-bond acceptors (Lipinski definition) is 6. The molecular formula is C22H28N2O6S. The van der Waals surface area contributed by atoms with Crippen LogP contribution in [0.25, 0.3) is 0 Å². The van der Waals surface area contributed by atoms with Crippen molar-refractivity contribution < 1.29 is 27.4 Å². The van der Waals surface area contributed by atoms with Crippen LogP contribution in [-0.4, -0.2) is 41.2 Å². The summed E-state index contributed by atoms with van der Waals surface area (Å²) in [5.41, 5.74) is 0.883. The Morgan fingerprint density at radius 3 is 2.65 bits per heavy atom. The van der Waals surface area contributed by atoms with Crippen molar-refractivity contribution in [1.29, 1.82) is 0 Å². The summed E-state index contributed by atoms with van der Waals surface area (Å²) in [6.07, 6.45) is 1.31. The van der Waals surface area contributed by atoms with E-state index in [-0.39, 0.29) is 29.8 Å². The molecule has 1 unspecified atom stereocenters. The Balaban J connectivity index is 1.48. The van der Waals surface area contributed by atoms with E-state index in [1.807, 2.05) is 31.2 Å². The van der Waals surface area contributed by atoms with Crippen LogP contribution in [0.1, 0.15) is 37.8 Å². The van der Waals surface area contributed by atoms with Crippen molar-refractivity contribution >= 4 is 15.9 Å². The fourth-order valence-electron chi connectivity index (χ4n) is 3.27. The molecule has 1 atom stereocenters. The average Bonchev–Trinajstić information content (AvgIpc) is 3.01. The first kappa shape index (κ1) is 22.9. The first-order valence-electron chi connectivity index (χ1n) is 10.2. The summed E-state index contributed by atoms with van der Waals surface area (Å²) >= 11 is 0. The highest BCUT2D eigenvalue weighted by atomic mass is 32.2. The zero-order valence-corrected chi connectivity index (χ0v) is 18.5. The van der Waals surface area contributed by atoms with Crippen molar-refractivity contribution in [3.8, 4) is 17.2 Å². The molecule has 0 radical (unpaired) electrons. The summed E-state index contributed by atoms with van der Waals surface area (Å²) in [6.45, 7) is 3.04. The molecule has 1 heterocycles. The van der Waals surface area contributed by atoms with E-state index in [2.05, 4.69) is 10.0 Å². The molecular weight excluding hydrogens is 420 g/mol. The lowest BCUT2D eigenvalue weighted by Crippen LogP contribution is -2.29. The van der Waals surface area contributed by atoms with Gasteiger partial charge in [0.1, 0.15) is 5.75 Å². The van der Waals surface area contributed by atoms with Crippen LogP contribution >= 0.6 is 0 Å². The molecule has 3 rings (SSSR count). The minimum absolute atomic E-state index is 0.103. The lowest BCUT2D eigenvalue weighted by atomic mass is 10.1. The third-order valence-corrected chi connectivity index (χ3v) is 6.34. The quantitative estimate of drug-likeness (QED) is 0.572. The average molecular weight is 449 g/mol. The van der Waals surface area contributed by atoms with Crippen LogP contribution in [-0.2, 0) is 14.8 Å². The van der Waals surface area contributed by atoms with Crippen molar-refractivity contribution in [3.63, 3.8) is 0 Å². The largest absolute Gasteiger partial charge is 0.496 e. The number of benzene rings is 2. The molecule has 0 saturated heterocycles. The molecule has 9 heteroatoms. The lowest BCUT2D eigenvalue weighted by molar-refractivity contribution is -0.121. The van der Waals surface area contributed by atoms with Crippen LogP contribution in [0, 0.1) is 0 Å². The Morgan fingerprint density at radius 1 is 1.13 bits per heavy atom. The van der Waals surface area contributed by atoms with Gasteiger partial charge in [-0.25, -0.2) is 13.1 Å². The summed E-state index contributed by atoms with van der Waals surface area (Å²) in [5, 5.41) is 2.91. The topological polar surface area (TPSA) is 103 Å². The first-order chi connectivity index (χ1) is 14.9. The molecule has 2 N–H and O–H groups in total. The zero-order chi connectivity index (χ0) is 22.3. The van der Waals surface area contributed by atoms with E-state index < -0.39 is 10.0 Å². The number of carbonyl (C=O) groups is 1. The fourth-order valence-corrected chi connectivity index (χ4v) is 4.35. The number of rotatable bonds is 9. The Hall–Kier alpha value is -2.78. The second kappa shape index (κ2) is 10.5. The Morgan fingerprint density at radius 2 is 1.87 bits per heavy atom. The van der Waals surface area contributed by atoms with Gasteiger partial charge >= 0.3 is 0 Å². The standard InChI is InChI=1S/C22H28N2O6S/c1-16(18-7-3-4-8-19(18)28-2)24-22(25)9-5-12-23-31(26,27)17-10-11-20-21(15-17)30-14-6-13-29-20/h3-4,7-8,10-11,15-16,23H,5-6,9,12-14H2,1-2H3,(H,24,25). The molecule has 2 aromatic carbocycles. The highest BCUT2D eigenvalue weighted by molar-refractivity contribution is 7.89. The minimum atomic E-state index is -3.71. The van der Waals surface area contributed by atoms with E-state index in [9.17, 15) is 13.2 Å². The van der Waals surface area contributed by atoms with Crippen LogP contribution in [0.5, 0.6) is 17.2 Å². The summed E-state index contributed by atoms with van der Waals surface area (Å²) < 4.78 is 44.1. The summed E-state index contributed by atoms with van der Waals surface area (Å²) in [6, 6.07) is 11.8. The van der Waals surface area contributed by atoms with Gasteiger partial charge in [-0.1, -0.05) is 18.2 Å². The molecule has 168 valence electrons. The summed E-state index contributed by atoms with van der Waals surface area (Å²) in [4.78, 5) is 12.4. The molecule has 1 amide bonds. The Labute approximate surface area is 182 Å². The molecule has 31 heavy (non-hydrogen) atoms. The SMILES string of the molecule is COc1ccccc1C(C)NC(=O)CCCNS(=O)(=O)c1ccc2c(c1)OCCCO2. The van der Waals surface area contributed by atoms with Gasteiger partial charge in [0.15, 0.2) is 11.5 Å². The van der Waals surface area contributed by atoms with E-state index >= 15 is 0 Å². The number of carbonyl (C=O) groups excluding carboxylic acids is 1. The molecule has 0 aromatic heterocycles. The number of sulfonamides is 1. The van der Waals surface area contributed by atoms with Crippen LogP contribution in [0.2, 0.25) is 0 Å². The minimum Gasteiger partial charge on any atom is -0.496 e. The number of fused-ring (bicyclic) bond motifs is 1. The molecule has 1 aliphatic rings. The van der Waals surface area contributed by atoms with Crippen LogP contribution < -0.4 is 24.2 Å². The fraction of sp³-hybridized carbons (Fsp3) is 0.409. The Bertz CT molecular complexity index is 1010. The zero-order valence-electron chi connectivity index (χ0n) is 17.7. The van der Waals surface area contributed by atoms with Gasteiger partial charge in [-0.3, -0.25) is 4.79 Å². The van der Waals surface area contributed by atoms with Gasteiger partial charge in [0.2, 0.25) is 15.9 Å². The molecule has 0 fully saturated rings. The molecule has 1 aliphatic heterocycles. The van der Waals surface area contributed by atoms with Gasteiger partial charge in [-0.15, -0.1) is 0 Å². The number of ether oxygens (including phenoxy) is 3. The maximum absolute atomic E-state index is 12.6. The van der Waals surface area contributed by atoms with Gasteiger partial charge in [0, 0.05) is 31.0 Å². The van der Waals surface area contributed by atoms with Crippen LogP contribution in [0.15, 0.2) is 47.4 Å². The second-order valence-electron chi connectivity index (χ2n) is 7.19. The highest BCUT2D eigenvalue weighted by Crippen LogP contribution is 2.31. The van der Waals surface area contributed by atoms with E-state index in [1.165, 1.54) is 12.1 Å². The molecule has 0 saturated carbocycles. The van der Waals surface area contributed by atoms with Gasteiger partial charge in [0.25, 0.3) is 0 Å². The maximum atomic E-state index is 12.6. The third kappa shape index (κ3) is 6.11. The van der Waals surface area contributed by atoms with Gasteiger partial charge < -0.3 is 19.5 Å². The van der Waals surface area contributed by atoms with Gasteiger partial charge in [-0.05, 0) is 31.5 Å². The third-order valence-electron chi connectivity index (χ3n) is 4.88. The van der Waals surface area contributed by atoms with E-state index in [0.29, 0.717) is 36.9 Å². The van der Waals surface area contributed by atoms with Gasteiger partial charge in [-0.2, -0.15) is 0 Å². The van der Waals surface area contributed by atoms with Crippen molar-refractivity contribution in [2.45, 2.75) is 37.1 Å². The normalized spacial score (nSPS) is 14.4. The van der Waals surface area contributed by atoms with Crippen LogP contribution in [0.3, 0.4) is 0 Å². The van der Waals surface area contributed by atoms with Crippen molar-refractivity contribution in [2.24, 2.45) is 0 Å². The molecule has 2 aromatic rings. The summed E-state index contributed by atoms with van der Waals surface area (Å²) in [7, 11) is -2.13.